The van der Waals surface area contributed by atoms with Crippen LogP contribution in [0.4, 0.5) is 30.7 Å². The molecule has 2 aliphatic rings. The van der Waals surface area contributed by atoms with E-state index in [-0.39, 0.29) is 11.0 Å². The molecule has 0 aliphatic heterocycles. The molecule has 2 aromatic carbocycles. The van der Waals surface area contributed by atoms with E-state index in [0.29, 0.717) is 28.8 Å². The van der Waals surface area contributed by atoms with Crippen molar-refractivity contribution < 1.29 is 39.2 Å². The highest BCUT2D eigenvalue weighted by Crippen LogP contribution is 2.58. The predicted molar refractivity (Wildman–Crippen MR) is 98.7 cm³/mol. The summed E-state index contributed by atoms with van der Waals surface area (Å²) in [5, 5.41) is 0. The van der Waals surface area contributed by atoms with E-state index >= 15 is 0 Å². The van der Waals surface area contributed by atoms with Crippen LogP contribution in [0.25, 0.3) is 11.1 Å². The number of rotatable bonds is 3. The second-order valence-corrected chi connectivity index (χ2v) is 9.46. The predicted octanol–water partition coefficient (Wildman–Crippen LogP) is 6.40. The van der Waals surface area contributed by atoms with E-state index in [2.05, 4.69) is 0 Å². The molecule has 0 saturated heterocycles. The quantitative estimate of drug-likeness (QED) is 0.495. The molecule has 1 saturated carbocycles. The molecule has 1 spiro atoms. The van der Waals surface area contributed by atoms with Crippen LogP contribution in [0.15, 0.2) is 59.5 Å². The van der Waals surface area contributed by atoms with Crippen molar-refractivity contribution in [2.45, 2.75) is 29.4 Å². The molecule has 2 aliphatic carbocycles. The van der Waals surface area contributed by atoms with Crippen LogP contribution in [0.3, 0.4) is 0 Å². The van der Waals surface area contributed by atoms with E-state index in [1.54, 1.807) is 12.2 Å². The Morgan fingerprint density at radius 1 is 0.774 bits per heavy atom. The lowest BCUT2D eigenvalue weighted by molar-refractivity contribution is -0.140. The van der Waals surface area contributed by atoms with Gasteiger partial charge in [-0.3, -0.25) is 0 Å². The van der Waals surface area contributed by atoms with Gasteiger partial charge < -0.3 is 0 Å². The number of sulfone groups is 1. The number of hydrogen-bond acceptors (Lipinski definition) is 2. The maximum Gasteiger partial charge on any atom is 0.501 e. The third-order valence-corrected chi connectivity index (χ3v) is 6.85. The minimum Gasteiger partial charge on any atom is -0.214 e. The van der Waals surface area contributed by atoms with Crippen LogP contribution in [-0.2, 0) is 16.0 Å². The van der Waals surface area contributed by atoms with Crippen molar-refractivity contribution in [1.82, 2.24) is 0 Å². The Morgan fingerprint density at radius 3 is 1.77 bits per heavy atom. The molecule has 31 heavy (non-hydrogen) atoms. The van der Waals surface area contributed by atoms with Crippen molar-refractivity contribution in [2.75, 3.05) is 0 Å². The summed E-state index contributed by atoms with van der Waals surface area (Å²) in [4.78, 5) is -0.935. The normalized spacial score (nSPS) is 18.2. The fourth-order valence-electron chi connectivity index (χ4n) is 3.54. The van der Waals surface area contributed by atoms with Gasteiger partial charge in [-0.1, -0.05) is 30.4 Å². The van der Waals surface area contributed by atoms with Crippen molar-refractivity contribution in [3.05, 3.63) is 77.1 Å². The minimum absolute atomic E-state index is 0.107. The second kappa shape index (κ2) is 6.69. The summed E-state index contributed by atoms with van der Waals surface area (Å²) in [5.74, 6) is -1.41. The fraction of sp³-hybridized carbons (Fsp3) is 0.238. The molecule has 4 rings (SSSR count). The Morgan fingerprint density at radius 2 is 1.29 bits per heavy atom. The number of alkyl halides is 6. The number of allylic oxidation sites excluding steroid dienone is 4. The first-order valence-corrected chi connectivity index (χ1v) is 10.5. The molecular weight excluding hydrogens is 449 g/mol. The van der Waals surface area contributed by atoms with E-state index in [1.807, 2.05) is 0 Å². The summed E-state index contributed by atoms with van der Waals surface area (Å²) >= 11 is 0. The van der Waals surface area contributed by atoms with Crippen LogP contribution in [-0.4, -0.2) is 13.9 Å². The fourth-order valence-corrected chi connectivity index (χ4v) is 4.30. The Balaban J connectivity index is 1.76. The molecule has 0 radical (unpaired) electrons. The van der Waals surface area contributed by atoms with Crippen molar-refractivity contribution in [1.29, 1.82) is 0 Å². The van der Waals surface area contributed by atoms with E-state index < -0.39 is 37.8 Å². The molecule has 0 bridgehead atoms. The Bertz CT molecular complexity index is 1210. The molecule has 0 unspecified atom stereocenters. The van der Waals surface area contributed by atoms with E-state index in [9.17, 15) is 39.2 Å². The zero-order chi connectivity index (χ0) is 22.8. The van der Waals surface area contributed by atoms with Gasteiger partial charge in [0.25, 0.3) is 9.84 Å². The molecule has 0 atom stereocenters. The first-order chi connectivity index (χ1) is 14.2. The van der Waals surface area contributed by atoms with Gasteiger partial charge in [-0.05, 0) is 59.4 Å². The van der Waals surface area contributed by atoms with Crippen LogP contribution in [0.2, 0.25) is 0 Å². The highest BCUT2D eigenvalue weighted by atomic mass is 32.2. The maximum atomic E-state index is 13.7. The van der Waals surface area contributed by atoms with Gasteiger partial charge in [0.05, 0.1) is 10.5 Å². The monoisotopic (exact) mass is 462 g/mol. The minimum atomic E-state index is -5.52. The zero-order valence-electron chi connectivity index (χ0n) is 15.5. The summed E-state index contributed by atoms with van der Waals surface area (Å²) in [5.41, 5.74) is -5.96. The van der Waals surface area contributed by atoms with Crippen molar-refractivity contribution in [2.24, 2.45) is 5.41 Å². The number of hydrogen-bond donors (Lipinski definition) is 0. The Hall–Kier alpha value is -2.62. The van der Waals surface area contributed by atoms with Gasteiger partial charge in [-0.15, -0.1) is 0 Å². The van der Waals surface area contributed by atoms with Crippen LogP contribution < -0.4 is 0 Å². The van der Waals surface area contributed by atoms with Gasteiger partial charge in [0, 0.05) is 5.41 Å². The highest BCUT2D eigenvalue weighted by molar-refractivity contribution is 7.92. The van der Waals surface area contributed by atoms with Gasteiger partial charge in [0.15, 0.2) is 0 Å². The molecule has 0 amide bonds. The molecule has 2 nitrogen and oxygen atoms in total. The Labute approximate surface area is 172 Å². The van der Waals surface area contributed by atoms with Crippen molar-refractivity contribution in [3.63, 3.8) is 0 Å². The van der Waals surface area contributed by atoms with Crippen LogP contribution in [0.5, 0.6) is 0 Å². The van der Waals surface area contributed by atoms with Crippen LogP contribution >= 0.6 is 0 Å². The van der Waals surface area contributed by atoms with E-state index in [4.69, 9.17) is 0 Å². The smallest absolute Gasteiger partial charge is 0.214 e. The van der Waals surface area contributed by atoms with Crippen molar-refractivity contribution >= 4 is 21.0 Å². The first kappa shape index (κ1) is 21.6. The molecular formula is C21H13F7O2S. The summed E-state index contributed by atoms with van der Waals surface area (Å²) in [6, 6.07) is 6.57. The van der Waals surface area contributed by atoms with Gasteiger partial charge in [0.2, 0.25) is 0 Å². The average molecular weight is 462 g/mol. The molecule has 1 fully saturated rings. The molecule has 10 heteroatoms. The third-order valence-electron chi connectivity index (χ3n) is 5.34. The molecule has 164 valence electrons. The lowest BCUT2D eigenvalue weighted by atomic mass is 9.94. The lowest BCUT2D eigenvalue weighted by Crippen LogP contribution is -2.23. The summed E-state index contributed by atoms with van der Waals surface area (Å²) < 4.78 is 114. The van der Waals surface area contributed by atoms with Gasteiger partial charge in [0.1, 0.15) is 5.82 Å². The number of halogens is 7. The lowest BCUT2D eigenvalue weighted by Gasteiger charge is -2.14. The molecule has 0 N–H and O–H groups in total. The van der Waals surface area contributed by atoms with Gasteiger partial charge >= 0.3 is 11.7 Å². The zero-order valence-corrected chi connectivity index (χ0v) is 16.3. The van der Waals surface area contributed by atoms with Gasteiger partial charge in [-0.25, -0.2) is 12.8 Å². The average Bonchev–Trinajstić information content (AvgIpc) is 3.31. The van der Waals surface area contributed by atoms with E-state index in [1.165, 1.54) is 18.2 Å². The SMILES string of the molecule is O=S(=O)(c1ccc(C2=CC3(C=C2c2ccc(F)c(C(F)(F)F)c2)CC3)cc1)C(F)(F)F. The van der Waals surface area contributed by atoms with Crippen molar-refractivity contribution in [3.8, 4) is 0 Å². The second-order valence-electron chi connectivity index (χ2n) is 7.52. The third kappa shape index (κ3) is 3.77. The largest absolute Gasteiger partial charge is 0.501 e. The summed E-state index contributed by atoms with van der Waals surface area (Å²) in [6.07, 6.45) is 0.151. The molecule has 0 aromatic heterocycles. The van der Waals surface area contributed by atoms with Gasteiger partial charge in [-0.2, -0.15) is 26.3 Å². The van der Waals surface area contributed by atoms with Crippen LogP contribution in [0.1, 0.15) is 29.5 Å². The molecule has 0 heterocycles. The first-order valence-electron chi connectivity index (χ1n) is 8.99. The van der Waals surface area contributed by atoms with E-state index in [0.717, 1.165) is 25.0 Å². The topological polar surface area (TPSA) is 34.1 Å². The summed E-state index contributed by atoms with van der Waals surface area (Å²) in [7, 11) is -5.52. The summed E-state index contributed by atoms with van der Waals surface area (Å²) in [6.45, 7) is 0. The Kier molecular flexibility index (Phi) is 4.66. The maximum absolute atomic E-state index is 13.7. The highest BCUT2D eigenvalue weighted by Gasteiger charge is 2.47. The van der Waals surface area contributed by atoms with Crippen LogP contribution in [0, 0.1) is 11.2 Å². The molecule has 2 aromatic rings. The number of benzene rings is 2. The standard InChI is InChI=1S/C21H13F7O2S/c22-18-6-3-13(9-17(18)20(23,24)25)16-11-19(7-8-19)10-15(16)12-1-4-14(5-2-12)31(29,30)21(26,27)28/h1-6,9-11H,7-8H2.